The number of halogens is 3. The minimum absolute atomic E-state index is 0.139. The molecule has 100 valence electrons. The van der Waals surface area contributed by atoms with Crippen LogP contribution in [0, 0.1) is 5.92 Å². The molecule has 0 radical (unpaired) electrons. The Bertz CT molecular complexity index is 447. The molecule has 1 aliphatic rings. The van der Waals surface area contributed by atoms with E-state index in [-0.39, 0.29) is 5.92 Å². The van der Waals surface area contributed by atoms with E-state index in [1.807, 2.05) is 0 Å². The minimum Gasteiger partial charge on any atom is -0.478 e. The lowest BCUT2D eigenvalue weighted by atomic mass is 10.1. The number of rotatable bonds is 3. The summed E-state index contributed by atoms with van der Waals surface area (Å²) in [5.41, 5.74) is -1.81. The van der Waals surface area contributed by atoms with Gasteiger partial charge in [0.15, 0.2) is 0 Å². The van der Waals surface area contributed by atoms with Crippen molar-refractivity contribution < 1.29 is 27.8 Å². The van der Waals surface area contributed by atoms with Gasteiger partial charge in [0.25, 0.3) is 0 Å². The fraction of sp³-hybridized carbons (Fsp3) is 0.545. The Hall–Kier alpha value is -1.50. The summed E-state index contributed by atoms with van der Waals surface area (Å²) >= 11 is 0. The van der Waals surface area contributed by atoms with E-state index < -0.39 is 23.3 Å². The van der Waals surface area contributed by atoms with Crippen molar-refractivity contribution in [2.24, 2.45) is 5.92 Å². The number of hydrogen-bond donors (Lipinski definition) is 1. The van der Waals surface area contributed by atoms with E-state index in [9.17, 15) is 18.0 Å². The van der Waals surface area contributed by atoms with Crippen molar-refractivity contribution in [2.45, 2.75) is 19.1 Å². The van der Waals surface area contributed by atoms with Gasteiger partial charge >= 0.3 is 12.1 Å². The summed E-state index contributed by atoms with van der Waals surface area (Å²) in [6, 6.07) is 0. The first-order chi connectivity index (χ1) is 8.38. The van der Waals surface area contributed by atoms with Crippen LogP contribution in [0.4, 0.5) is 13.2 Å². The molecule has 1 fully saturated rings. The summed E-state index contributed by atoms with van der Waals surface area (Å²) in [4.78, 5) is 10.8. The maximum Gasteiger partial charge on any atom is 0.418 e. The van der Waals surface area contributed by atoms with Crippen molar-refractivity contribution in [1.82, 2.24) is 4.57 Å². The predicted molar refractivity (Wildman–Crippen MR) is 55.3 cm³/mol. The molecular weight excluding hydrogens is 251 g/mol. The molecule has 1 saturated heterocycles. The molecule has 2 rings (SSSR count). The van der Waals surface area contributed by atoms with E-state index in [2.05, 4.69) is 0 Å². The fourth-order valence-corrected chi connectivity index (χ4v) is 2.04. The highest BCUT2D eigenvalue weighted by atomic mass is 19.4. The first kappa shape index (κ1) is 12.9. The number of carbonyl (C=O) groups is 1. The maximum atomic E-state index is 12.6. The lowest BCUT2D eigenvalue weighted by Gasteiger charge is -2.08. The number of hydrogen-bond acceptors (Lipinski definition) is 2. The highest BCUT2D eigenvalue weighted by Crippen LogP contribution is 2.33. The van der Waals surface area contributed by atoms with E-state index in [1.165, 1.54) is 4.57 Å². The maximum absolute atomic E-state index is 12.6. The third-order valence-corrected chi connectivity index (χ3v) is 2.91. The molecule has 4 nitrogen and oxygen atoms in total. The number of alkyl halides is 3. The van der Waals surface area contributed by atoms with Crippen LogP contribution >= 0.6 is 0 Å². The molecule has 0 spiro atoms. The first-order valence-corrected chi connectivity index (χ1v) is 5.46. The highest BCUT2D eigenvalue weighted by Gasteiger charge is 2.37. The number of aromatic nitrogens is 1. The average Bonchev–Trinajstić information content (AvgIpc) is 2.85. The summed E-state index contributed by atoms with van der Waals surface area (Å²) in [6.45, 7) is 1.45. The molecule has 1 aromatic heterocycles. The summed E-state index contributed by atoms with van der Waals surface area (Å²) in [5, 5.41) is 8.77. The van der Waals surface area contributed by atoms with Crippen LogP contribution < -0.4 is 0 Å². The molecule has 18 heavy (non-hydrogen) atoms. The van der Waals surface area contributed by atoms with Crippen LogP contribution in [0.3, 0.4) is 0 Å². The zero-order valence-electron chi connectivity index (χ0n) is 9.41. The van der Waals surface area contributed by atoms with E-state index in [0.29, 0.717) is 19.8 Å². The Morgan fingerprint density at radius 3 is 2.67 bits per heavy atom. The lowest BCUT2D eigenvalue weighted by Crippen LogP contribution is -2.10. The molecule has 1 unspecified atom stereocenters. The van der Waals surface area contributed by atoms with E-state index in [0.717, 1.165) is 18.8 Å². The van der Waals surface area contributed by atoms with Gasteiger partial charge in [0, 0.05) is 31.5 Å². The average molecular weight is 263 g/mol. The fourth-order valence-electron chi connectivity index (χ4n) is 2.04. The largest absolute Gasteiger partial charge is 0.478 e. The van der Waals surface area contributed by atoms with Gasteiger partial charge in [-0.15, -0.1) is 0 Å². The van der Waals surface area contributed by atoms with Crippen LogP contribution in [-0.4, -0.2) is 28.9 Å². The van der Waals surface area contributed by atoms with Gasteiger partial charge in [-0.2, -0.15) is 13.2 Å². The number of carboxylic acids is 1. The van der Waals surface area contributed by atoms with Gasteiger partial charge in [-0.05, 0) is 6.42 Å². The number of nitrogens with zero attached hydrogens (tertiary/aromatic N) is 1. The molecule has 1 atom stereocenters. The second-order valence-electron chi connectivity index (χ2n) is 4.31. The van der Waals surface area contributed by atoms with Crippen molar-refractivity contribution in [3.05, 3.63) is 23.5 Å². The van der Waals surface area contributed by atoms with Crippen molar-refractivity contribution in [3.8, 4) is 0 Å². The molecule has 2 heterocycles. The van der Waals surface area contributed by atoms with Crippen molar-refractivity contribution in [3.63, 3.8) is 0 Å². The highest BCUT2D eigenvalue weighted by molar-refractivity contribution is 5.89. The van der Waals surface area contributed by atoms with Gasteiger partial charge in [0.1, 0.15) is 0 Å². The molecule has 0 saturated carbocycles. The molecule has 1 aliphatic heterocycles. The van der Waals surface area contributed by atoms with Gasteiger partial charge in [-0.25, -0.2) is 4.79 Å². The van der Waals surface area contributed by atoms with Crippen LogP contribution in [0.25, 0.3) is 0 Å². The Kier molecular flexibility index (Phi) is 3.34. The summed E-state index contributed by atoms with van der Waals surface area (Å²) in [5.74, 6) is -1.43. The Morgan fingerprint density at radius 2 is 2.22 bits per heavy atom. The van der Waals surface area contributed by atoms with Gasteiger partial charge in [-0.1, -0.05) is 0 Å². The quantitative estimate of drug-likeness (QED) is 0.909. The topological polar surface area (TPSA) is 51.5 Å². The van der Waals surface area contributed by atoms with Gasteiger partial charge in [0.2, 0.25) is 0 Å². The second kappa shape index (κ2) is 4.64. The van der Waals surface area contributed by atoms with E-state index in [4.69, 9.17) is 9.84 Å². The van der Waals surface area contributed by atoms with Gasteiger partial charge < -0.3 is 14.4 Å². The van der Waals surface area contributed by atoms with Crippen molar-refractivity contribution in [2.75, 3.05) is 13.2 Å². The number of ether oxygens (including phenoxy) is 1. The van der Waals surface area contributed by atoms with Crippen LogP contribution in [0.5, 0.6) is 0 Å². The Labute approximate surface area is 101 Å². The molecule has 7 heteroatoms. The Morgan fingerprint density at radius 1 is 1.50 bits per heavy atom. The lowest BCUT2D eigenvalue weighted by molar-refractivity contribution is -0.138. The van der Waals surface area contributed by atoms with E-state index >= 15 is 0 Å². The van der Waals surface area contributed by atoms with Crippen molar-refractivity contribution >= 4 is 5.97 Å². The molecule has 1 aromatic rings. The Balaban J connectivity index is 2.24. The summed E-state index contributed by atoms with van der Waals surface area (Å²) in [6.07, 6.45) is -1.99. The van der Waals surface area contributed by atoms with E-state index in [1.54, 1.807) is 0 Å². The number of carboxylic acid groups (broad SMARTS) is 1. The van der Waals surface area contributed by atoms with Gasteiger partial charge in [-0.3, -0.25) is 0 Å². The van der Waals surface area contributed by atoms with Crippen LogP contribution in [0.1, 0.15) is 22.3 Å². The zero-order chi connectivity index (χ0) is 13.3. The molecule has 0 amide bonds. The molecular formula is C11H12F3NO3. The standard InChI is InChI=1S/C11H12F3NO3/c12-11(13,14)9-5-15(4-8(9)10(16)17)3-7-1-2-18-6-7/h4-5,7H,1-3,6H2,(H,16,17). The predicted octanol–water partition coefficient (Wildman–Crippen LogP) is 2.24. The summed E-state index contributed by atoms with van der Waals surface area (Å²) in [7, 11) is 0. The molecule has 1 N–H and O–H groups in total. The van der Waals surface area contributed by atoms with Gasteiger partial charge in [0.05, 0.1) is 17.7 Å². The normalized spacial score (nSPS) is 20.3. The van der Waals surface area contributed by atoms with Crippen LogP contribution in [0.2, 0.25) is 0 Å². The van der Waals surface area contributed by atoms with Crippen LogP contribution in [-0.2, 0) is 17.5 Å². The molecule has 0 aromatic carbocycles. The first-order valence-electron chi connectivity index (χ1n) is 5.46. The van der Waals surface area contributed by atoms with Crippen LogP contribution in [0.15, 0.2) is 12.4 Å². The summed E-state index contributed by atoms with van der Waals surface area (Å²) < 4.78 is 44.3. The number of aromatic carboxylic acids is 1. The SMILES string of the molecule is O=C(O)c1cn(CC2CCOC2)cc1C(F)(F)F. The monoisotopic (exact) mass is 263 g/mol. The smallest absolute Gasteiger partial charge is 0.418 e. The molecule has 0 aliphatic carbocycles. The zero-order valence-corrected chi connectivity index (χ0v) is 9.41. The van der Waals surface area contributed by atoms with Crippen molar-refractivity contribution in [1.29, 1.82) is 0 Å². The molecule has 0 bridgehead atoms. The second-order valence-corrected chi connectivity index (χ2v) is 4.31. The third-order valence-electron chi connectivity index (χ3n) is 2.91. The minimum atomic E-state index is -4.65. The third kappa shape index (κ3) is 2.66.